The third kappa shape index (κ3) is 4.14. The summed E-state index contributed by atoms with van der Waals surface area (Å²) in [4.78, 5) is 34.3. The molecule has 144 valence electrons. The van der Waals surface area contributed by atoms with Gasteiger partial charge in [0, 0.05) is 25.4 Å². The molecule has 1 fully saturated rings. The van der Waals surface area contributed by atoms with Crippen molar-refractivity contribution in [2.24, 2.45) is 0 Å². The van der Waals surface area contributed by atoms with Crippen LogP contribution in [0.2, 0.25) is 0 Å². The van der Waals surface area contributed by atoms with Crippen LogP contribution in [0.25, 0.3) is 10.9 Å². The zero-order valence-electron chi connectivity index (χ0n) is 15.9. The minimum Gasteiger partial charge on any atom is -0.339 e. The van der Waals surface area contributed by atoms with Crippen molar-refractivity contribution >= 4 is 16.8 Å². The van der Waals surface area contributed by atoms with Crippen LogP contribution in [0.3, 0.4) is 0 Å². The van der Waals surface area contributed by atoms with Gasteiger partial charge in [-0.25, -0.2) is 4.98 Å². The van der Waals surface area contributed by atoms with Crippen LogP contribution in [0, 0.1) is 0 Å². The molecule has 1 saturated heterocycles. The third-order valence-corrected chi connectivity index (χ3v) is 5.48. The van der Waals surface area contributed by atoms with Gasteiger partial charge in [0.15, 0.2) is 0 Å². The van der Waals surface area contributed by atoms with E-state index < -0.39 is 0 Å². The number of carbonyl (C=O) groups excluding carboxylic acids is 1. The topological polar surface area (TPSA) is 66.1 Å². The lowest BCUT2D eigenvalue weighted by Crippen LogP contribution is -2.36. The van der Waals surface area contributed by atoms with E-state index in [0.717, 1.165) is 25.8 Å². The molecule has 1 N–H and O–H groups in total. The number of nitrogens with one attached hydrogen (secondary N) is 1. The fraction of sp³-hybridized carbons (Fsp3) is 0.348. The van der Waals surface area contributed by atoms with Crippen molar-refractivity contribution in [3.8, 4) is 0 Å². The first kappa shape index (κ1) is 18.4. The Bertz CT molecular complexity index is 1010. The molecule has 1 unspecified atom stereocenters. The van der Waals surface area contributed by atoms with Crippen LogP contribution < -0.4 is 5.56 Å². The Kier molecular flexibility index (Phi) is 5.51. The fourth-order valence-corrected chi connectivity index (χ4v) is 4.07. The van der Waals surface area contributed by atoms with Crippen molar-refractivity contribution in [3.63, 3.8) is 0 Å². The minimum absolute atomic E-state index is 0.116. The van der Waals surface area contributed by atoms with E-state index in [1.807, 2.05) is 41.3 Å². The summed E-state index contributed by atoms with van der Waals surface area (Å²) < 4.78 is 0. The van der Waals surface area contributed by atoms with Gasteiger partial charge >= 0.3 is 0 Å². The van der Waals surface area contributed by atoms with Crippen LogP contribution in [-0.2, 0) is 17.6 Å². The average Bonchev–Trinajstić information content (AvgIpc) is 3.17. The van der Waals surface area contributed by atoms with E-state index in [2.05, 4.69) is 22.1 Å². The van der Waals surface area contributed by atoms with Crippen LogP contribution in [0.5, 0.6) is 0 Å². The van der Waals surface area contributed by atoms with Crippen molar-refractivity contribution in [1.82, 2.24) is 14.9 Å². The molecule has 1 aliphatic heterocycles. The molecule has 0 saturated carbocycles. The molecule has 1 amide bonds. The second kappa shape index (κ2) is 8.38. The summed E-state index contributed by atoms with van der Waals surface area (Å²) in [6.07, 6.45) is 4.84. The maximum Gasteiger partial charge on any atom is 0.258 e. The smallest absolute Gasteiger partial charge is 0.258 e. The van der Waals surface area contributed by atoms with Gasteiger partial charge in [-0.05, 0) is 43.4 Å². The molecule has 0 aliphatic carbocycles. The van der Waals surface area contributed by atoms with Gasteiger partial charge in [-0.15, -0.1) is 0 Å². The molecule has 5 nitrogen and oxygen atoms in total. The molecule has 3 aromatic rings. The lowest BCUT2D eigenvalue weighted by Gasteiger charge is -2.25. The van der Waals surface area contributed by atoms with Crippen LogP contribution in [0.4, 0.5) is 0 Å². The number of carbonyl (C=O) groups is 1. The first-order valence-corrected chi connectivity index (χ1v) is 10.0. The fourth-order valence-electron chi connectivity index (χ4n) is 4.07. The normalized spacial score (nSPS) is 16.6. The molecule has 1 atom stereocenters. The maximum atomic E-state index is 12.7. The number of hydrogen-bond donors (Lipinski definition) is 1. The van der Waals surface area contributed by atoms with Crippen LogP contribution in [0.15, 0.2) is 59.4 Å². The molecule has 1 aliphatic rings. The van der Waals surface area contributed by atoms with E-state index in [0.29, 0.717) is 42.0 Å². The predicted molar refractivity (Wildman–Crippen MR) is 110 cm³/mol. The van der Waals surface area contributed by atoms with E-state index in [4.69, 9.17) is 0 Å². The van der Waals surface area contributed by atoms with E-state index in [9.17, 15) is 9.59 Å². The summed E-state index contributed by atoms with van der Waals surface area (Å²) in [6.45, 7) is 0.849. The predicted octanol–water partition coefficient (Wildman–Crippen LogP) is 3.48. The molecule has 28 heavy (non-hydrogen) atoms. The monoisotopic (exact) mass is 375 g/mol. The molecule has 2 aromatic carbocycles. The second-order valence-electron chi connectivity index (χ2n) is 7.46. The summed E-state index contributed by atoms with van der Waals surface area (Å²) in [5, 5.41) is 0.600. The number of para-hydroxylation sites is 1. The van der Waals surface area contributed by atoms with Crippen molar-refractivity contribution in [2.75, 3.05) is 6.54 Å². The summed E-state index contributed by atoms with van der Waals surface area (Å²) in [7, 11) is 0. The first-order valence-electron chi connectivity index (χ1n) is 10.0. The highest BCUT2D eigenvalue weighted by Crippen LogP contribution is 2.22. The molecule has 0 spiro atoms. The highest BCUT2D eigenvalue weighted by Gasteiger charge is 2.28. The number of likely N-dealkylation sites (tertiary alicyclic amines) is 1. The van der Waals surface area contributed by atoms with E-state index in [1.165, 1.54) is 5.56 Å². The zero-order valence-corrected chi connectivity index (χ0v) is 15.9. The number of fused-ring (bicyclic) bond motifs is 1. The first-order chi connectivity index (χ1) is 13.7. The summed E-state index contributed by atoms with van der Waals surface area (Å²) >= 11 is 0. The van der Waals surface area contributed by atoms with E-state index in [1.54, 1.807) is 6.07 Å². The summed E-state index contributed by atoms with van der Waals surface area (Å²) in [5.74, 6) is 0.861. The van der Waals surface area contributed by atoms with Gasteiger partial charge in [-0.3, -0.25) is 9.59 Å². The molecule has 0 radical (unpaired) electrons. The van der Waals surface area contributed by atoms with Crippen molar-refractivity contribution in [1.29, 1.82) is 0 Å². The molecule has 0 bridgehead atoms. The Morgan fingerprint density at radius 3 is 2.75 bits per heavy atom. The molecular formula is C23H25N3O2. The number of aromatic nitrogens is 2. The zero-order chi connectivity index (χ0) is 19.3. The number of H-pyrrole nitrogens is 1. The van der Waals surface area contributed by atoms with Gasteiger partial charge < -0.3 is 9.88 Å². The van der Waals surface area contributed by atoms with Gasteiger partial charge in [-0.2, -0.15) is 0 Å². The molecular weight excluding hydrogens is 350 g/mol. The van der Waals surface area contributed by atoms with Gasteiger partial charge in [-0.1, -0.05) is 42.5 Å². The Morgan fingerprint density at radius 2 is 1.89 bits per heavy atom. The lowest BCUT2D eigenvalue weighted by atomic mass is 10.0. The number of benzene rings is 2. The Morgan fingerprint density at radius 1 is 1.11 bits per heavy atom. The maximum absolute atomic E-state index is 12.7. The van der Waals surface area contributed by atoms with Crippen LogP contribution in [-0.4, -0.2) is 33.4 Å². The number of hydrogen-bond acceptors (Lipinski definition) is 3. The Balaban J connectivity index is 1.34. The minimum atomic E-state index is -0.116. The van der Waals surface area contributed by atoms with E-state index in [-0.39, 0.29) is 11.5 Å². The van der Waals surface area contributed by atoms with Gasteiger partial charge in [0.25, 0.3) is 5.56 Å². The largest absolute Gasteiger partial charge is 0.339 e. The van der Waals surface area contributed by atoms with Crippen molar-refractivity contribution in [3.05, 3.63) is 76.3 Å². The number of amides is 1. The standard InChI is InChI=1S/C23H25N3O2/c27-22(26-15-7-10-18(26)16-17-8-2-1-3-9-17)14-6-13-21-24-20-12-5-4-11-19(20)23(28)25-21/h1-5,8-9,11-12,18H,6-7,10,13-16H2,(H,24,25,28). The van der Waals surface area contributed by atoms with Gasteiger partial charge in [0.1, 0.15) is 5.82 Å². The van der Waals surface area contributed by atoms with Crippen LogP contribution in [0.1, 0.15) is 37.1 Å². The molecule has 4 rings (SSSR count). The van der Waals surface area contributed by atoms with Crippen molar-refractivity contribution < 1.29 is 4.79 Å². The molecule has 1 aromatic heterocycles. The number of rotatable bonds is 6. The quantitative estimate of drug-likeness (QED) is 0.717. The van der Waals surface area contributed by atoms with E-state index >= 15 is 0 Å². The number of aryl methyl sites for hydroxylation is 1. The SMILES string of the molecule is O=C(CCCc1nc2ccccc2c(=O)[nH]1)N1CCCC1Cc1ccccc1. The summed E-state index contributed by atoms with van der Waals surface area (Å²) in [6, 6.07) is 18.0. The highest BCUT2D eigenvalue weighted by molar-refractivity contribution is 5.77. The van der Waals surface area contributed by atoms with Gasteiger partial charge in [0.05, 0.1) is 10.9 Å². The third-order valence-electron chi connectivity index (χ3n) is 5.48. The highest BCUT2D eigenvalue weighted by atomic mass is 16.2. The average molecular weight is 375 g/mol. The second-order valence-corrected chi connectivity index (χ2v) is 7.46. The molecule has 2 heterocycles. The lowest BCUT2D eigenvalue weighted by molar-refractivity contribution is -0.132. The van der Waals surface area contributed by atoms with Crippen molar-refractivity contribution in [2.45, 2.75) is 44.6 Å². The number of aromatic amines is 1. The Hall–Kier alpha value is -2.95. The van der Waals surface area contributed by atoms with Crippen LogP contribution >= 0.6 is 0 Å². The molecule has 5 heteroatoms. The number of nitrogens with zero attached hydrogens (tertiary/aromatic N) is 2. The summed E-state index contributed by atoms with van der Waals surface area (Å²) in [5.41, 5.74) is 1.87. The van der Waals surface area contributed by atoms with Gasteiger partial charge in [0.2, 0.25) is 5.91 Å². The Labute approximate surface area is 164 Å².